The summed E-state index contributed by atoms with van der Waals surface area (Å²) in [6.07, 6.45) is 6.28. The summed E-state index contributed by atoms with van der Waals surface area (Å²) in [7, 11) is 1.60. The molecule has 0 bridgehead atoms. The molecule has 2 saturated carbocycles. The molecule has 4 heteroatoms. The summed E-state index contributed by atoms with van der Waals surface area (Å²) in [5.41, 5.74) is 8.70. The Labute approximate surface area is 143 Å². The summed E-state index contributed by atoms with van der Waals surface area (Å²) in [6.45, 7) is 2.29. The van der Waals surface area contributed by atoms with Crippen LogP contribution in [0.5, 0.6) is 5.75 Å². The van der Waals surface area contributed by atoms with Crippen molar-refractivity contribution in [3.8, 4) is 5.75 Å². The van der Waals surface area contributed by atoms with Crippen molar-refractivity contribution in [3.63, 3.8) is 0 Å². The van der Waals surface area contributed by atoms with Crippen LogP contribution in [0.2, 0.25) is 0 Å². The lowest BCUT2D eigenvalue weighted by atomic mass is 9.55. The fourth-order valence-electron chi connectivity index (χ4n) is 5.93. The first kappa shape index (κ1) is 15.9. The predicted molar refractivity (Wildman–Crippen MR) is 92.1 cm³/mol. The molecular weight excluding hydrogens is 302 g/mol. The number of nitrogens with two attached hydrogens (primary N) is 1. The number of methoxy groups -OCH3 is 1. The predicted octanol–water partition coefficient (Wildman–Crippen LogP) is 3.01. The molecule has 3 N–H and O–H groups in total. The number of aliphatic hydroxyl groups is 1. The van der Waals surface area contributed by atoms with E-state index in [1.54, 1.807) is 7.11 Å². The van der Waals surface area contributed by atoms with Crippen LogP contribution in [0, 0.1) is 17.3 Å². The molecule has 1 aromatic rings. The third kappa shape index (κ3) is 2.12. The van der Waals surface area contributed by atoms with Crippen molar-refractivity contribution in [2.24, 2.45) is 23.0 Å². The maximum absolute atomic E-state index is 11.7. The second-order valence-electron chi connectivity index (χ2n) is 8.17. The van der Waals surface area contributed by atoms with Gasteiger partial charge >= 0.3 is 0 Å². The molecule has 0 radical (unpaired) electrons. The number of hydrogen-bond donors (Lipinski definition) is 2. The third-order valence-electron chi connectivity index (χ3n) is 7.26. The monoisotopic (exact) mass is 329 g/mol. The Morgan fingerprint density at radius 2 is 2.08 bits per heavy atom. The molecule has 5 atom stereocenters. The van der Waals surface area contributed by atoms with E-state index in [1.807, 2.05) is 6.07 Å². The first-order valence-electron chi connectivity index (χ1n) is 9.14. The van der Waals surface area contributed by atoms with Crippen molar-refractivity contribution in [1.82, 2.24) is 0 Å². The molecule has 3 unspecified atom stereocenters. The van der Waals surface area contributed by atoms with Crippen LogP contribution in [-0.4, -0.2) is 24.2 Å². The molecule has 24 heavy (non-hydrogen) atoms. The van der Waals surface area contributed by atoms with Gasteiger partial charge in [-0.1, -0.05) is 6.92 Å². The van der Waals surface area contributed by atoms with Crippen molar-refractivity contribution in [2.45, 2.75) is 57.5 Å². The number of primary amides is 1. The molecule has 3 aliphatic rings. The van der Waals surface area contributed by atoms with Gasteiger partial charge in [0.2, 0.25) is 0 Å². The summed E-state index contributed by atoms with van der Waals surface area (Å²) in [5, 5.41) is 10.5. The molecular formula is C20H27NO3. The summed E-state index contributed by atoms with van der Waals surface area (Å²) in [5.74, 6) is 1.94. The van der Waals surface area contributed by atoms with Crippen LogP contribution in [-0.2, 0) is 6.42 Å². The Morgan fingerprint density at radius 3 is 2.79 bits per heavy atom. The van der Waals surface area contributed by atoms with Crippen LogP contribution >= 0.6 is 0 Å². The molecule has 4 nitrogen and oxygen atoms in total. The van der Waals surface area contributed by atoms with Gasteiger partial charge in [-0.3, -0.25) is 4.79 Å². The largest absolute Gasteiger partial charge is 0.496 e. The zero-order valence-electron chi connectivity index (χ0n) is 14.5. The number of benzene rings is 1. The standard InChI is InChI=1S/C20H27NO3/c1-20-8-7-12-13(16(20)5-6-18(20)22)4-3-11-9-15(19(21)23)17(24-2)10-14(11)12/h9-10,12-13,16,18,22H,3-8H2,1-2H3,(H2,21,23)/t12?,13?,16?,18-,20-/m0/s1. The van der Waals surface area contributed by atoms with Gasteiger partial charge in [-0.25, -0.2) is 0 Å². The van der Waals surface area contributed by atoms with E-state index >= 15 is 0 Å². The fourth-order valence-corrected chi connectivity index (χ4v) is 5.93. The van der Waals surface area contributed by atoms with Gasteiger partial charge in [0.25, 0.3) is 5.91 Å². The Morgan fingerprint density at radius 1 is 1.29 bits per heavy atom. The van der Waals surface area contributed by atoms with Gasteiger partial charge in [-0.05, 0) is 85.0 Å². The number of ether oxygens (including phenoxy) is 1. The van der Waals surface area contributed by atoms with Crippen LogP contribution in [0.4, 0.5) is 0 Å². The lowest BCUT2D eigenvalue weighted by Crippen LogP contribution is -2.44. The molecule has 0 aromatic heterocycles. The second kappa shape index (κ2) is 5.48. The van der Waals surface area contributed by atoms with E-state index < -0.39 is 5.91 Å². The van der Waals surface area contributed by atoms with Gasteiger partial charge < -0.3 is 15.6 Å². The zero-order chi connectivity index (χ0) is 17.1. The molecule has 1 aromatic carbocycles. The van der Waals surface area contributed by atoms with Crippen molar-refractivity contribution < 1.29 is 14.6 Å². The van der Waals surface area contributed by atoms with E-state index in [2.05, 4.69) is 13.0 Å². The summed E-state index contributed by atoms with van der Waals surface area (Å²) >= 11 is 0. The number of aryl methyl sites for hydroxylation is 1. The van der Waals surface area contributed by atoms with Gasteiger partial charge in [-0.15, -0.1) is 0 Å². The quantitative estimate of drug-likeness (QED) is 0.876. The lowest BCUT2D eigenvalue weighted by Gasteiger charge is -2.50. The number of carbonyl (C=O) groups excluding carboxylic acids is 1. The first-order valence-corrected chi connectivity index (χ1v) is 9.14. The van der Waals surface area contributed by atoms with E-state index in [0.717, 1.165) is 38.5 Å². The van der Waals surface area contributed by atoms with Crippen molar-refractivity contribution in [1.29, 1.82) is 0 Å². The van der Waals surface area contributed by atoms with E-state index in [0.29, 0.717) is 29.1 Å². The Hall–Kier alpha value is -1.55. The maximum atomic E-state index is 11.7. The molecule has 1 amide bonds. The molecule has 0 heterocycles. The average molecular weight is 329 g/mol. The molecule has 3 aliphatic carbocycles. The second-order valence-corrected chi connectivity index (χ2v) is 8.17. The van der Waals surface area contributed by atoms with Crippen molar-refractivity contribution in [3.05, 3.63) is 28.8 Å². The van der Waals surface area contributed by atoms with Gasteiger partial charge in [0.15, 0.2) is 0 Å². The van der Waals surface area contributed by atoms with Gasteiger partial charge in [-0.2, -0.15) is 0 Å². The molecule has 0 aliphatic heterocycles. The highest BCUT2D eigenvalue weighted by Crippen LogP contribution is 2.61. The smallest absolute Gasteiger partial charge is 0.252 e. The summed E-state index contributed by atoms with van der Waals surface area (Å²) in [4.78, 5) is 11.7. The minimum Gasteiger partial charge on any atom is -0.496 e. The molecule has 4 rings (SSSR count). The lowest BCUT2D eigenvalue weighted by molar-refractivity contribution is -0.0226. The van der Waals surface area contributed by atoms with Crippen LogP contribution < -0.4 is 10.5 Å². The van der Waals surface area contributed by atoms with Gasteiger partial charge in [0.1, 0.15) is 5.75 Å². The number of amides is 1. The first-order chi connectivity index (χ1) is 11.5. The summed E-state index contributed by atoms with van der Waals surface area (Å²) < 4.78 is 5.44. The SMILES string of the molecule is COc1cc2c(cc1C(N)=O)CCC1C2CC[C@@]2(C)C1CC[C@@H]2O. The number of rotatable bonds is 2. The van der Waals surface area contributed by atoms with Gasteiger partial charge in [0, 0.05) is 0 Å². The summed E-state index contributed by atoms with van der Waals surface area (Å²) in [6, 6.07) is 4.00. The molecule has 0 saturated heterocycles. The maximum Gasteiger partial charge on any atom is 0.252 e. The number of aliphatic hydroxyl groups excluding tert-OH is 1. The van der Waals surface area contributed by atoms with E-state index in [1.165, 1.54) is 11.1 Å². The molecule has 130 valence electrons. The zero-order valence-corrected chi connectivity index (χ0v) is 14.5. The number of fused-ring (bicyclic) bond motifs is 5. The fraction of sp³-hybridized carbons (Fsp3) is 0.650. The Bertz CT molecular complexity index is 686. The topological polar surface area (TPSA) is 72.5 Å². The highest BCUT2D eigenvalue weighted by molar-refractivity contribution is 5.96. The van der Waals surface area contributed by atoms with Crippen molar-refractivity contribution >= 4 is 5.91 Å². The Kier molecular flexibility index (Phi) is 3.64. The number of hydrogen-bond acceptors (Lipinski definition) is 3. The third-order valence-corrected chi connectivity index (χ3v) is 7.26. The van der Waals surface area contributed by atoms with Crippen LogP contribution in [0.15, 0.2) is 12.1 Å². The molecule has 0 spiro atoms. The van der Waals surface area contributed by atoms with E-state index in [9.17, 15) is 9.90 Å². The van der Waals surface area contributed by atoms with Crippen LogP contribution in [0.25, 0.3) is 0 Å². The Balaban J connectivity index is 1.74. The van der Waals surface area contributed by atoms with E-state index in [4.69, 9.17) is 10.5 Å². The molecule has 2 fully saturated rings. The van der Waals surface area contributed by atoms with E-state index in [-0.39, 0.29) is 11.5 Å². The normalized spacial score (nSPS) is 37.3. The van der Waals surface area contributed by atoms with Crippen molar-refractivity contribution in [2.75, 3.05) is 7.11 Å². The number of carbonyl (C=O) groups is 1. The highest BCUT2D eigenvalue weighted by atomic mass is 16.5. The minimum absolute atomic E-state index is 0.0932. The van der Waals surface area contributed by atoms with Crippen LogP contribution in [0.3, 0.4) is 0 Å². The minimum atomic E-state index is -0.424. The van der Waals surface area contributed by atoms with Gasteiger partial charge in [0.05, 0.1) is 18.8 Å². The highest BCUT2D eigenvalue weighted by Gasteiger charge is 2.54. The van der Waals surface area contributed by atoms with Crippen LogP contribution in [0.1, 0.15) is 66.4 Å². The average Bonchev–Trinajstić information content (AvgIpc) is 2.88.